The van der Waals surface area contributed by atoms with Crippen molar-refractivity contribution in [3.05, 3.63) is 132 Å². The summed E-state index contributed by atoms with van der Waals surface area (Å²) >= 11 is 0. The molecule has 2 amide bonds. The van der Waals surface area contributed by atoms with Crippen LogP contribution >= 0.6 is 0 Å². The third-order valence-corrected chi connectivity index (χ3v) is 8.09. The van der Waals surface area contributed by atoms with Gasteiger partial charge in [-0.1, -0.05) is 66.7 Å². The predicted molar refractivity (Wildman–Crippen MR) is 153 cm³/mol. The summed E-state index contributed by atoms with van der Waals surface area (Å²) in [7, 11) is 0. The van der Waals surface area contributed by atoms with E-state index in [0.29, 0.717) is 16.8 Å². The van der Waals surface area contributed by atoms with E-state index in [9.17, 15) is 23.6 Å². The predicted octanol–water partition coefficient (Wildman–Crippen LogP) is 5.05. The lowest BCUT2D eigenvalue weighted by molar-refractivity contribution is -0.139. The molecule has 0 aromatic heterocycles. The Morgan fingerprint density at radius 2 is 1.43 bits per heavy atom. The minimum absolute atomic E-state index is 0.122. The second kappa shape index (κ2) is 9.92. The fraction of sp³-hybridized carbons (Fsp3) is 0.118. The van der Waals surface area contributed by atoms with Crippen molar-refractivity contribution < 1.29 is 28.3 Å². The number of rotatable bonds is 5. The first-order chi connectivity index (χ1) is 20.4. The van der Waals surface area contributed by atoms with Gasteiger partial charge in [0.1, 0.15) is 17.6 Å². The Labute approximate surface area is 240 Å². The number of hydrogen-bond donors (Lipinski definition) is 0. The van der Waals surface area contributed by atoms with Crippen molar-refractivity contribution in [2.75, 3.05) is 9.80 Å². The summed E-state index contributed by atoms with van der Waals surface area (Å²) in [5.41, 5.74) is 2.64. The molecule has 8 heteroatoms. The molecule has 7 nitrogen and oxygen atoms in total. The number of anilines is 2. The van der Waals surface area contributed by atoms with E-state index in [1.807, 2.05) is 42.5 Å². The number of ketones is 1. The first-order valence-electron chi connectivity index (χ1n) is 13.5. The van der Waals surface area contributed by atoms with Crippen LogP contribution in [0.1, 0.15) is 21.5 Å². The fourth-order valence-electron chi connectivity index (χ4n) is 6.26. The van der Waals surface area contributed by atoms with Crippen LogP contribution in [0.3, 0.4) is 0 Å². The number of imide groups is 1. The van der Waals surface area contributed by atoms with Crippen LogP contribution in [0.4, 0.5) is 15.8 Å². The van der Waals surface area contributed by atoms with Gasteiger partial charge in [-0.15, -0.1) is 0 Å². The maximum atomic E-state index is 14.1. The van der Waals surface area contributed by atoms with Crippen LogP contribution in [-0.2, 0) is 14.4 Å². The second-order valence-corrected chi connectivity index (χ2v) is 10.4. The topological polar surface area (TPSA) is 84.0 Å². The molecule has 4 atom stereocenters. The van der Waals surface area contributed by atoms with Crippen molar-refractivity contribution in [2.24, 2.45) is 11.8 Å². The van der Waals surface area contributed by atoms with Crippen LogP contribution in [0.2, 0.25) is 0 Å². The van der Waals surface area contributed by atoms with Crippen LogP contribution < -0.4 is 14.5 Å². The van der Waals surface area contributed by atoms with E-state index in [4.69, 9.17) is 4.74 Å². The standard InChI is InChI=1S/C34H23FN2O5/c35-23-10-6-11-24(19-23)36-32(39)28-27-18-15-20-7-4-5-12-26(20)37(27)30(29(28)33(36)40)34(41)42-25-16-13-22(14-17-25)31(38)21-8-2-1-3-9-21/h1-19,27-30H/t27-,28+,29+,30-/m0/s1. The Bertz CT molecular complexity index is 1790. The van der Waals surface area contributed by atoms with Crippen molar-refractivity contribution in [3.8, 4) is 5.75 Å². The van der Waals surface area contributed by atoms with Crippen LogP contribution in [0.5, 0.6) is 5.75 Å². The number of nitrogens with zero attached hydrogens (tertiary/aromatic N) is 2. The Kier molecular flexibility index (Phi) is 6.04. The molecule has 0 unspecified atom stereocenters. The molecular formula is C34H23FN2O5. The van der Waals surface area contributed by atoms with Gasteiger partial charge in [-0.2, -0.15) is 0 Å². The molecule has 4 aromatic carbocycles. The number of carbonyl (C=O) groups excluding carboxylic acids is 4. The summed E-state index contributed by atoms with van der Waals surface area (Å²) in [5.74, 6) is -4.24. The molecule has 2 fully saturated rings. The van der Waals surface area contributed by atoms with Gasteiger partial charge in [0, 0.05) is 16.8 Å². The number of para-hydroxylation sites is 1. The third kappa shape index (κ3) is 4.03. The fourth-order valence-corrected chi connectivity index (χ4v) is 6.26. The van der Waals surface area contributed by atoms with Gasteiger partial charge in [0.15, 0.2) is 5.78 Å². The highest BCUT2D eigenvalue weighted by Crippen LogP contribution is 2.49. The maximum Gasteiger partial charge on any atom is 0.335 e. The van der Waals surface area contributed by atoms with Gasteiger partial charge in [0.25, 0.3) is 0 Å². The number of fused-ring (bicyclic) bond motifs is 5. The molecular weight excluding hydrogens is 535 g/mol. The van der Waals surface area contributed by atoms with Crippen molar-refractivity contribution in [1.82, 2.24) is 0 Å². The van der Waals surface area contributed by atoms with Crippen LogP contribution in [0.25, 0.3) is 6.08 Å². The van der Waals surface area contributed by atoms with Crippen LogP contribution in [-0.4, -0.2) is 35.7 Å². The number of hydrogen-bond acceptors (Lipinski definition) is 6. The Balaban J connectivity index is 1.23. The number of halogens is 1. The van der Waals surface area contributed by atoms with E-state index >= 15 is 0 Å². The van der Waals surface area contributed by atoms with Crippen molar-refractivity contribution in [2.45, 2.75) is 12.1 Å². The average molecular weight is 559 g/mol. The number of carbonyl (C=O) groups is 4. The SMILES string of the molecule is O=C(c1ccccc1)c1ccc(OC(=O)[C@@H]2[C@@H]3C(=O)N(c4cccc(F)c4)C(=O)[C@@H]3[C@@H]3C=Cc4ccccc4N23)cc1. The van der Waals surface area contributed by atoms with E-state index in [0.717, 1.165) is 16.5 Å². The highest BCUT2D eigenvalue weighted by Gasteiger charge is 2.65. The van der Waals surface area contributed by atoms with Crippen LogP contribution in [0.15, 0.2) is 109 Å². The first kappa shape index (κ1) is 25.6. The molecule has 7 rings (SSSR count). The van der Waals surface area contributed by atoms with Gasteiger partial charge in [0.2, 0.25) is 11.8 Å². The average Bonchev–Trinajstić information content (AvgIpc) is 3.50. The molecule has 4 aromatic rings. The monoisotopic (exact) mass is 558 g/mol. The molecule has 0 saturated carbocycles. The summed E-state index contributed by atoms with van der Waals surface area (Å²) < 4.78 is 19.9. The van der Waals surface area contributed by atoms with E-state index in [2.05, 4.69) is 0 Å². The van der Waals surface area contributed by atoms with Crippen molar-refractivity contribution in [3.63, 3.8) is 0 Å². The Hall–Kier alpha value is -5.37. The number of amides is 2. The van der Waals surface area contributed by atoms with Gasteiger partial charge in [-0.25, -0.2) is 14.1 Å². The second-order valence-electron chi connectivity index (χ2n) is 10.4. The zero-order chi connectivity index (χ0) is 29.0. The molecule has 0 N–H and O–H groups in total. The summed E-state index contributed by atoms with van der Waals surface area (Å²) in [6.07, 6.45) is 3.71. The van der Waals surface area contributed by atoms with E-state index in [1.54, 1.807) is 41.3 Å². The molecule has 0 spiro atoms. The van der Waals surface area contributed by atoms with Crippen molar-refractivity contribution >= 4 is 41.0 Å². The molecule has 42 heavy (non-hydrogen) atoms. The molecule has 0 bridgehead atoms. The van der Waals surface area contributed by atoms with Gasteiger partial charge in [-0.3, -0.25) is 14.4 Å². The molecule has 3 aliphatic rings. The minimum Gasteiger partial charge on any atom is -0.425 e. The lowest BCUT2D eigenvalue weighted by Crippen LogP contribution is -2.50. The summed E-state index contributed by atoms with van der Waals surface area (Å²) in [5, 5.41) is 0. The lowest BCUT2D eigenvalue weighted by Gasteiger charge is -2.36. The van der Waals surface area contributed by atoms with Gasteiger partial charge in [-0.05, 0) is 54.1 Å². The quantitative estimate of drug-likeness (QED) is 0.148. The maximum absolute atomic E-state index is 14.1. The minimum atomic E-state index is -1.12. The number of esters is 1. The molecule has 3 heterocycles. The number of ether oxygens (including phenoxy) is 1. The van der Waals surface area contributed by atoms with Gasteiger partial charge in [0.05, 0.1) is 23.6 Å². The molecule has 0 aliphatic carbocycles. The molecule has 3 aliphatic heterocycles. The summed E-state index contributed by atoms with van der Waals surface area (Å²) in [4.78, 5) is 57.1. The van der Waals surface area contributed by atoms with E-state index in [1.165, 1.54) is 30.3 Å². The lowest BCUT2D eigenvalue weighted by atomic mass is 9.89. The highest BCUT2D eigenvalue weighted by molar-refractivity contribution is 6.24. The summed E-state index contributed by atoms with van der Waals surface area (Å²) in [6.45, 7) is 0. The first-order valence-corrected chi connectivity index (χ1v) is 13.5. The third-order valence-electron chi connectivity index (χ3n) is 8.09. The Morgan fingerprint density at radius 1 is 0.738 bits per heavy atom. The largest absolute Gasteiger partial charge is 0.425 e. The molecule has 0 radical (unpaired) electrons. The van der Waals surface area contributed by atoms with Crippen LogP contribution in [0, 0.1) is 17.7 Å². The molecule has 206 valence electrons. The zero-order valence-electron chi connectivity index (χ0n) is 22.1. The zero-order valence-corrected chi connectivity index (χ0v) is 22.1. The highest BCUT2D eigenvalue weighted by atomic mass is 19.1. The van der Waals surface area contributed by atoms with Gasteiger partial charge < -0.3 is 9.64 Å². The van der Waals surface area contributed by atoms with Crippen molar-refractivity contribution in [1.29, 1.82) is 0 Å². The van der Waals surface area contributed by atoms with E-state index in [-0.39, 0.29) is 17.2 Å². The van der Waals surface area contributed by atoms with E-state index < -0.39 is 47.5 Å². The van der Waals surface area contributed by atoms with Gasteiger partial charge >= 0.3 is 5.97 Å². The summed E-state index contributed by atoms with van der Waals surface area (Å²) in [6, 6.07) is 26.1. The Morgan fingerprint density at radius 3 is 2.19 bits per heavy atom. The molecule has 2 saturated heterocycles. The normalized spacial score (nSPS) is 22.0. The number of benzene rings is 4. The smallest absolute Gasteiger partial charge is 0.335 e.